The highest BCUT2D eigenvalue weighted by atomic mass is 19.2. The van der Waals surface area contributed by atoms with E-state index in [1.807, 2.05) is 36.5 Å². The molecule has 0 saturated heterocycles. The normalized spacial score (nSPS) is 11.7. The van der Waals surface area contributed by atoms with Crippen molar-refractivity contribution in [1.82, 2.24) is 0 Å². The van der Waals surface area contributed by atoms with Crippen LogP contribution >= 0.6 is 0 Å². The zero-order chi connectivity index (χ0) is 48.3. The maximum atomic E-state index is 15.4. The molecule has 0 unspecified atom stereocenters. The van der Waals surface area contributed by atoms with E-state index in [0.717, 1.165) is 16.7 Å². The standard InChI is InChI=1S/C24BF20.C18H18NO/c26-5-1(6(27)14(35)21(42)13(5)34)25(2-7(28)15(36)22(43)16(37)8(2)29,3-9(30)17(38)23(44)18(39)10(3)31)4-11(32)19(40)24(45)20(41)12(4)33;1-14(2)15-9-11-17(12-10-15)20-19-13-5-7-16-6-3-4-8-18(16)19/h;3-14H,1-2H3/q-1;+1. The lowest BCUT2D eigenvalue weighted by Crippen LogP contribution is -2.81. The molecule has 7 aromatic rings. The van der Waals surface area contributed by atoms with Crippen molar-refractivity contribution < 1.29 is 97.4 Å². The summed E-state index contributed by atoms with van der Waals surface area (Å²) in [5.74, 6) is -70.0. The first-order chi connectivity index (χ1) is 30.4. The molecule has 6 aromatic carbocycles. The van der Waals surface area contributed by atoms with Crippen molar-refractivity contribution >= 4 is 38.9 Å². The lowest BCUT2D eigenvalue weighted by atomic mass is 9.12. The molecule has 0 aliphatic heterocycles. The summed E-state index contributed by atoms with van der Waals surface area (Å²) in [6, 6.07) is 20.5. The summed E-state index contributed by atoms with van der Waals surface area (Å²) in [7, 11) is 0. The van der Waals surface area contributed by atoms with Crippen LogP contribution in [-0.4, -0.2) is 6.15 Å². The Balaban J connectivity index is 0.000000289. The van der Waals surface area contributed by atoms with Crippen LogP contribution in [0.2, 0.25) is 0 Å². The molecule has 65 heavy (non-hydrogen) atoms. The van der Waals surface area contributed by atoms with Gasteiger partial charge in [0, 0.05) is 16.9 Å². The molecule has 0 saturated carbocycles. The Morgan fingerprint density at radius 3 is 0.938 bits per heavy atom. The van der Waals surface area contributed by atoms with Gasteiger partial charge in [0.25, 0.3) is 5.52 Å². The number of aromatic nitrogens is 1. The quantitative estimate of drug-likeness (QED) is 0.0511. The first-order valence-corrected chi connectivity index (χ1v) is 17.9. The number of para-hydroxylation sites is 1. The molecule has 7 rings (SSSR count). The largest absolute Gasteiger partial charge is 0.265 e. The van der Waals surface area contributed by atoms with Gasteiger partial charge in [0.15, 0.2) is 69.8 Å². The summed E-state index contributed by atoms with van der Waals surface area (Å²) in [5.41, 5.74) is -12.0. The molecule has 23 heteroatoms. The van der Waals surface area contributed by atoms with Gasteiger partial charge in [-0.05, 0) is 35.7 Å². The number of pyridine rings is 1. The molecule has 0 N–H and O–H groups in total. The average Bonchev–Trinajstić information content (AvgIpc) is 3.29. The first-order valence-electron chi connectivity index (χ1n) is 17.9. The number of nitrogens with zero attached hydrogens (tertiary/aromatic N) is 1. The smallest absolute Gasteiger partial charge is 0.231 e. The van der Waals surface area contributed by atoms with Crippen molar-refractivity contribution in [3.63, 3.8) is 0 Å². The molecule has 0 amide bonds. The van der Waals surface area contributed by atoms with E-state index in [0.29, 0.717) is 5.92 Å². The lowest BCUT2D eigenvalue weighted by molar-refractivity contribution is -0.854. The third-order valence-corrected chi connectivity index (χ3v) is 10.1. The maximum absolute atomic E-state index is 15.4. The molecule has 1 heterocycles. The summed E-state index contributed by atoms with van der Waals surface area (Å²) < 4.78 is 296. The van der Waals surface area contributed by atoms with Gasteiger partial charge in [-0.15, -0.1) is 21.9 Å². The van der Waals surface area contributed by atoms with Crippen molar-refractivity contribution in [1.29, 1.82) is 0 Å². The SMILES string of the molecule is CC(C)c1ccc(O[n+]2cccc3ccccc32)cc1.Fc1c(F)c(F)c([B-](c2c(F)c(F)c(F)c(F)c2F)(c2c(F)c(F)c(F)c(F)c2F)c2c(F)c(F)c(F)c(F)c2F)c(F)c1F. The van der Waals surface area contributed by atoms with E-state index >= 15 is 35.1 Å². The summed E-state index contributed by atoms with van der Waals surface area (Å²) >= 11 is 0. The van der Waals surface area contributed by atoms with Crippen LogP contribution in [0.1, 0.15) is 25.3 Å². The van der Waals surface area contributed by atoms with E-state index in [1.54, 1.807) is 4.73 Å². The maximum Gasteiger partial charge on any atom is 0.265 e. The van der Waals surface area contributed by atoms with Gasteiger partial charge in [-0.25, -0.2) is 92.6 Å². The molecule has 0 atom stereocenters. The van der Waals surface area contributed by atoms with Crippen LogP contribution in [-0.2, 0) is 0 Å². The highest BCUT2D eigenvalue weighted by Crippen LogP contribution is 2.31. The highest BCUT2D eigenvalue weighted by molar-refractivity contribution is 7.20. The summed E-state index contributed by atoms with van der Waals surface area (Å²) in [4.78, 5) is 5.94. The Labute approximate surface area is 350 Å². The molecule has 0 radical (unpaired) electrons. The minimum atomic E-state index is -7.22. The topological polar surface area (TPSA) is 13.1 Å². The van der Waals surface area contributed by atoms with E-state index in [2.05, 4.69) is 44.2 Å². The van der Waals surface area contributed by atoms with Gasteiger partial charge in [0.1, 0.15) is 52.7 Å². The minimum Gasteiger partial charge on any atom is -0.231 e. The van der Waals surface area contributed by atoms with Gasteiger partial charge in [0.2, 0.25) is 11.9 Å². The second-order valence-corrected chi connectivity index (χ2v) is 14.0. The molecule has 2 nitrogen and oxygen atoms in total. The molecule has 340 valence electrons. The van der Waals surface area contributed by atoms with Gasteiger partial charge < -0.3 is 0 Å². The Bertz CT molecular complexity index is 2670. The number of halogens is 20. The lowest BCUT2D eigenvalue weighted by Gasteiger charge is -2.44. The van der Waals surface area contributed by atoms with E-state index in [1.165, 1.54) is 5.56 Å². The molecule has 0 aliphatic rings. The van der Waals surface area contributed by atoms with Crippen LogP contribution < -0.4 is 31.4 Å². The molecular formula is C42H18BF20NO. The predicted octanol–water partition coefficient (Wildman–Crippen LogP) is 9.94. The van der Waals surface area contributed by atoms with Gasteiger partial charge in [-0.3, -0.25) is 0 Å². The van der Waals surface area contributed by atoms with Crippen LogP contribution in [0.5, 0.6) is 5.75 Å². The second kappa shape index (κ2) is 17.6. The fourth-order valence-corrected chi connectivity index (χ4v) is 7.12. The third-order valence-electron chi connectivity index (χ3n) is 10.1. The number of hydrogen-bond acceptors (Lipinski definition) is 1. The average molecular weight is 943 g/mol. The van der Waals surface area contributed by atoms with Crippen LogP contribution in [0, 0.1) is 116 Å². The van der Waals surface area contributed by atoms with Crippen LogP contribution in [0.4, 0.5) is 87.8 Å². The predicted molar refractivity (Wildman–Crippen MR) is 190 cm³/mol. The van der Waals surface area contributed by atoms with E-state index in [9.17, 15) is 52.7 Å². The second-order valence-electron chi connectivity index (χ2n) is 14.0. The van der Waals surface area contributed by atoms with E-state index < -0.39 is 144 Å². The highest BCUT2D eigenvalue weighted by Gasteiger charge is 2.52. The summed E-state index contributed by atoms with van der Waals surface area (Å²) in [5, 5.41) is 1.16. The number of rotatable bonds is 7. The van der Waals surface area contributed by atoms with Crippen molar-refractivity contribution in [2.45, 2.75) is 19.8 Å². The Morgan fingerprint density at radius 1 is 0.354 bits per heavy atom. The monoisotopic (exact) mass is 943 g/mol. The third kappa shape index (κ3) is 7.52. The molecule has 0 spiro atoms. The number of benzene rings is 6. The zero-order valence-electron chi connectivity index (χ0n) is 31.9. The van der Waals surface area contributed by atoms with Crippen molar-refractivity contribution in [3.8, 4) is 5.75 Å². The number of fused-ring (bicyclic) bond motifs is 1. The number of hydrogen-bond donors (Lipinski definition) is 0. The first kappa shape index (κ1) is 47.7. The van der Waals surface area contributed by atoms with Crippen molar-refractivity contribution in [2.24, 2.45) is 0 Å². The molecule has 0 fully saturated rings. The fourth-order valence-electron chi connectivity index (χ4n) is 7.12. The summed E-state index contributed by atoms with van der Waals surface area (Å²) in [6.07, 6.45) is -5.29. The molecular weight excluding hydrogens is 925 g/mol. The Morgan fingerprint density at radius 2 is 0.631 bits per heavy atom. The fraction of sp³-hybridized carbons (Fsp3) is 0.0714. The van der Waals surface area contributed by atoms with Gasteiger partial charge in [-0.2, -0.15) is 0 Å². The Hall–Kier alpha value is -6.81. The van der Waals surface area contributed by atoms with Gasteiger partial charge in [0.05, 0.1) is 5.39 Å². The minimum absolute atomic E-state index is 0.536. The van der Waals surface area contributed by atoms with E-state index in [4.69, 9.17) is 4.84 Å². The van der Waals surface area contributed by atoms with Crippen molar-refractivity contribution in [3.05, 3.63) is 189 Å². The molecule has 0 aliphatic carbocycles. The molecule has 0 bridgehead atoms. The van der Waals surface area contributed by atoms with Crippen molar-refractivity contribution in [2.75, 3.05) is 0 Å². The van der Waals surface area contributed by atoms with Gasteiger partial charge in [-0.1, -0.05) is 38.1 Å². The van der Waals surface area contributed by atoms with Crippen LogP contribution in [0.3, 0.4) is 0 Å². The van der Waals surface area contributed by atoms with Gasteiger partial charge >= 0.3 is 0 Å². The van der Waals surface area contributed by atoms with E-state index in [-0.39, 0.29) is 0 Å². The Kier molecular flexibility index (Phi) is 12.9. The van der Waals surface area contributed by atoms with Crippen LogP contribution in [0.25, 0.3) is 10.9 Å². The summed E-state index contributed by atoms with van der Waals surface area (Å²) in [6.45, 7) is 4.38. The molecule has 1 aromatic heterocycles. The van der Waals surface area contributed by atoms with Crippen LogP contribution in [0.15, 0.2) is 66.9 Å². The zero-order valence-corrected chi connectivity index (χ0v) is 31.9.